The van der Waals surface area contributed by atoms with Gasteiger partial charge >= 0.3 is 0 Å². The van der Waals surface area contributed by atoms with E-state index in [4.69, 9.17) is 4.74 Å². The molecule has 0 aromatic carbocycles. The molecule has 0 aliphatic rings. The molecule has 2 unspecified atom stereocenters. The summed E-state index contributed by atoms with van der Waals surface area (Å²) in [6, 6.07) is -0.184. The van der Waals surface area contributed by atoms with Gasteiger partial charge in [-0.05, 0) is 32.6 Å². The maximum atomic E-state index is 12.2. The van der Waals surface area contributed by atoms with Crippen LogP contribution in [0.4, 0.5) is 0 Å². The monoisotopic (exact) mass is 297 g/mol. The van der Waals surface area contributed by atoms with E-state index in [-0.39, 0.29) is 17.7 Å². The molecule has 0 fully saturated rings. The molecule has 0 aromatic rings. The van der Waals surface area contributed by atoms with Crippen molar-refractivity contribution in [2.45, 2.75) is 72.4 Å². The Morgan fingerprint density at radius 2 is 1.81 bits per heavy atom. The molecule has 0 aliphatic carbocycles. The lowest BCUT2D eigenvalue weighted by molar-refractivity contribution is -0.133. The van der Waals surface area contributed by atoms with Crippen molar-refractivity contribution >= 4 is 11.7 Å². The van der Waals surface area contributed by atoms with Crippen LogP contribution < -0.4 is 0 Å². The highest BCUT2D eigenvalue weighted by molar-refractivity contribution is 5.80. The number of likely N-dealkylation sites (N-methyl/N-ethyl adjacent to an activating group) is 1. The molecule has 0 saturated heterocycles. The van der Waals surface area contributed by atoms with E-state index in [1.54, 1.807) is 18.9 Å². The van der Waals surface area contributed by atoms with Gasteiger partial charge in [0.25, 0.3) is 0 Å². The molecular weight excluding hydrogens is 266 g/mol. The molecule has 0 heterocycles. The van der Waals surface area contributed by atoms with Crippen LogP contribution in [0.1, 0.15) is 60.3 Å². The summed E-state index contributed by atoms with van der Waals surface area (Å²) < 4.78 is 5.61. The minimum atomic E-state index is -0.522. The predicted molar refractivity (Wildman–Crippen MR) is 85.9 cm³/mol. The number of Topliss-reactive ketones (excluding diaryl/α,β-unsaturated/α-hetero) is 1. The van der Waals surface area contributed by atoms with E-state index in [1.165, 1.54) is 6.92 Å². The summed E-state index contributed by atoms with van der Waals surface area (Å²) in [5.41, 5.74) is 0. The number of hydrogen-bond donors (Lipinski definition) is 0. The highest BCUT2D eigenvalue weighted by Gasteiger charge is 2.26. The quantitative estimate of drug-likeness (QED) is 0.579. The highest BCUT2D eigenvalue weighted by Crippen LogP contribution is 2.20. The average Bonchev–Trinajstić information content (AvgIpc) is 2.40. The van der Waals surface area contributed by atoms with Gasteiger partial charge in [-0.15, -0.1) is 0 Å². The number of amides is 1. The van der Waals surface area contributed by atoms with Crippen molar-refractivity contribution in [3.05, 3.63) is 12.3 Å². The molecule has 0 rings (SSSR count). The molecule has 0 saturated carbocycles. The second-order valence-electron chi connectivity index (χ2n) is 6.09. The molecule has 0 radical (unpaired) electrons. The van der Waals surface area contributed by atoms with Crippen LogP contribution in [0.5, 0.6) is 0 Å². The first-order valence-electron chi connectivity index (χ1n) is 7.82. The second kappa shape index (κ2) is 9.59. The third-order valence-electron chi connectivity index (χ3n) is 3.57. The van der Waals surface area contributed by atoms with Gasteiger partial charge in [-0.3, -0.25) is 9.59 Å². The zero-order valence-electron chi connectivity index (χ0n) is 14.4. The zero-order valence-corrected chi connectivity index (χ0v) is 14.4. The summed E-state index contributed by atoms with van der Waals surface area (Å²) in [4.78, 5) is 25.2. The lowest BCUT2D eigenvalue weighted by atomic mass is 10.0. The van der Waals surface area contributed by atoms with Crippen molar-refractivity contribution < 1.29 is 14.3 Å². The molecule has 0 bridgehead atoms. The number of ether oxygens (including phenoxy) is 1. The van der Waals surface area contributed by atoms with Gasteiger partial charge in [0.05, 0.1) is 6.04 Å². The van der Waals surface area contributed by atoms with Crippen LogP contribution in [0.3, 0.4) is 0 Å². The molecule has 2 atom stereocenters. The molecule has 122 valence electrons. The van der Waals surface area contributed by atoms with Crippen molar-refractivity contribution in [2.24, 2.45) is 5.92 Å². The first kappa shape index (κ1) is 19.7. The fraction of sp³-hybridized carbons (Fsp3) is 0.765. The van der Waals surface area contributed by atoms with E-state index in [0.29, 0.717) is 18.1 Å². The normalized spacial score (nSPS) is 13.7. The van der Waals surface area contributed by atoms with Crippen molar-refractivity contribution in [1.82, 2.24) is 4.90 Å². The van der Waals surface area contributed by atoms with Gasteiger partial charge in [-0.2, -0.15) is 0 Å². The summed E-state index contributed by atoms with van der Waals surface area (Å²) >= 11 is 0. The smallest absolute Gasteiger partial charge is 0.222 e. The molecular formula is C17H31NO3. The number of carbonyl (C=O) groups excluding carboxylic acids is 2. The van der Waals surface area contributed by atoms with Gasteiger partial charge < -0.3 is 9.64 Å². The molecule has 1 amide bonds. The van der Waals surface area contributed by atoms with Gasteiger partial charge in [-0.1, -0.05) is 33.8 Å². The van der Waals surface area contributed by atoms with E-state index < -0.39 is 6.10 Å². The molecule has 0 aliphatic heterocycles. The van der Waals surface area contributed by atoms with E-state index in [0.717, 1.165) is 19.3 Å². The molecule has 0 N–H and O–H groups in total. The summed E-state index contributed by atoms with van der Waals surface area (Å²) in [5, 5.41) is 0. The van der Waals surface area contributed by atoms with E-state index in [1.807, 2.05) is 0 Å². The molecule has 0 aromatic heterocycles. The topological polar surface area (TPSA) is 46.6 Å². The van der Waals surface area contributed by atoms with Crippen LogP contribution >= 0.6 is 0 Å². The predicted octanol–water partition coefficient (Wildman–Crippen LogP) is 3.56. The third kappa shape index (κ3) is 7.30. The maximum absolute atomic E-state index is 12.2. The Morgan fingerprint density at radius 3 is 2.24 bits per heavy atom. The van der Waals surface area contributed by atoms with Crippen LogP contribution in [-0.2, 0) is 14.3 Å². The standard InChI is InChI=1S/C17H31NO3/c1-8-9-10-17(20)18(7)16(11-12(2)3)15(6)21-14(5)13(4)19/h12,14,16H,6,8-11H2,1-5,7H3. The van der Waals surface area contributed by atoms with Crippen LogP contribution in [0.2, 0.25) is 0 Å². The second-order valence-corrected chi connectivity index (χ2v) is 6.09. The van der Waals surface area contributed by atoms with Crippen molar-refractivity contribution in [3.8, 4) is 0 Å². The lowest BCUT2D eigenvalue weighted by Crippen LogP contribution is -2.40. The largest absolute Gasteiger partial charge is 0.486 e. The van der Waals surface area contributed by atoms with Crippen LogP contribution in [-0.4, -0.2) is 35.8 Å². The highest BCUT2D eigenvalue weighted by atomic mass is 16.5. The van der Waals surface area contributed by atoms with Crippen molar-refractivity contribution in [1.29, 1.82) is 0 Å². The SMILES string of the molecule is C=C(OC(C)C(C)=O)C(CC(C)C)N(C)C(=O)CCCC. The number of nitrogens with zero attached hydrogens (tertiary/aromatic N) is 1. The lowest BCUT2D eigenvalue weighted by Gasteiger charge is -2.32. The molecule has 4 heteroatoms. The van der Waals surface area contributed by atoms with E-state index in [2.05, 4.69) is 27.4 Å². The van der Waals surface area contributed by atoms with Crippen LogP contribution in [0.15, 0.2) is 12.3 Å². The minimum absolute atomic E-state index is 0.0422. The van der Waals surface area contributed by atoms with Gasteiger partial charge in [0.2, 0.25) is 5.91 Å². The van der Waals surface area contributed by atoms with Gasteiger partial charge in [0.1, 0.15) is 5.76 Å². The Bertz CT molecular complexity index is 363. The Hall–Kier alpha value is -1.32. The maximum Gasteiger partial charge on any atom is 0.222 e. The summed E-state index contributed by atoms with van der Waals surface area (Å²) in [6.45, 7) is 13.4. The number of hydrogen-bond acceptors (Lipinski definition) is 3. The fourth-order valence-corrected chi connectivity index (χ4v) is 2.02. The number of rotatable bonds is 10. The van der Waals surface area contributed by atoms with E-state index >= 15 is 0 Å². The minimum Gasteiger partial charge on any atom is -0.486 e. The number of unbranched alkanes of at least 4 members (excludes halogenated alkanes) is 1. The number of ketones is 1. The number of carbonyl (C=O) groups is 2. The molecule has 4 nitrogen and oxygen atoms in total. The van der Waals surface area contributed by atoms with Gasteiger partial charge in [-0.25, -0.2) is 0 Å². The molecule has 21 heavy (non-hydrogen) atoms. The van der Waals surface area contributed by atoms with Crippen molar-refractivity contribution in [3.63, 3.8) is 0 Å². The van der Waals surface area contributed by atoms with Crippen LogP contribution in [0, 0.1) is 5.92 Å². The molecule has 0 spiro atoms. The van der Waals surface area contributed by atoms with Crippen molar-refractivity contribution in [2.75, 3.05) is 7.05 Å². The Morgan fingerprint density at radius 1 is 1.24 bits per heavy atom. The van der Waals surface area contributed by atoms with Gasteiger partial charge in [0.15, 0.2) is 11.9 Å². The fourth-order valence-electron chi connectivity index (χ4n) is 2.02. The first-order chi connectivity index (χ1) is 9.70. The summed E-state index contributed by atoms with van der Waals surface area (Å²) in [6.07, 6.45) is 2.67. The third-order valence-corrected chi connectivity index (χ3v) is 3.57. The Kier molecular flexibility index (Phi) is 8.98. The zero-order chi connectivity index (χ0) is 16.6. The first-order valence-corrected chi connectivity index (χ1v) is 7.82. The van der Waals surface area contributed by atoms with Gasteiger partial charge in [0, 0.05) is 13.5 Å². The Labute approximate surface area is 129 Å². The van der Waals surface area contributed by atoms with E-state index in [9.17, 15) is 9.59 Å². The van der Waals surface area contributed by atoms with Crippen LogP contribution in [0.25, 0.3) is 0 Å². The Balaban J connectivity index is 4.88. The summed E-state index contributed by atoms with van der Waals surface area (Å²) in [5.74, 6) is 0.963. The average molecular weight is 297 g/mol. The summed E-state index contributed by atoms with van der Waals surface area (Å²) in [7, 11) is 1.79.